The number of hydrogen-bond acceptors (Lipinski definition) is 1. The Kier molecular flexibility index (Phi) is 5.55. The number of rotatable bonds is 0. The lowest BCUT2D eigenvalue weighted by molar-refractivity contribution is 0.475. The highest BCUT2D eigenvalue weighted by atomic mass is 16.3. The first-order valence-electron chi connectivity index (χ1n) is 4.04. The summed E-state index contributed by atoms with van der Waals surface area (Å²) in [5.41, 5.74) is 0.931. The van der Waals surface area contributed by atoms with Gasteiger partial charge in [-0.25, -0.2) is 0 Å². The normalized spacial score (nSPS) is 7.25. The van der Waals surface area contributed by atoms with Gasteiger partial charge in [0, 0.05) is 5.56 Å². The molecule has 0 saturated carbocycles. The predicted octanol–water partition coefficient (Wildman–Crippen LogP) is 2.79. The lowest BCUT2D eigenvalue weighted by Crippen LogP contribution is -1.70. The van der Waals surface area contributed by atoms with Crippen molar-refractivity contribution in [3.63, 3.8) is 0 Å². The molecule has 0 saturated heterocycles. The maximum absolute atomic E-state index is 8.88. The summed E-state index contributed by atoms with van der Waals surface area (Å²) in [5, 5.41) is 8.88. The van der Waals surface area contributed by atoms with Crippen LogP contribution in [0.4, 0.5) is 0 Å². The Hall–Kier alpha value is -1.42. The van der Waals surface area contributed by atoms with Gasteiger partial charge in [-0.3, -0.25) is 0 Å². The van der Waals surface area contributed by atoms with Crippen LogP contribution in [0.5, 0.6) is 5.75 Å². The largest absolute Gasteiger partial charge is 0.508 e. The van der Waals surface area contributed by atoms with E-state index in [1.165, 1.54) is 0 Å². The van der Waals surface area contributed by atoms with E-state index in [4.69, 9.17) is 5.11 Å². The van der Waals surface area contributed by atoms with Gasteiger partial charge in [0.05, 0.1) is 0 Å². The van der Waals surface area contributed by atoms with E-state index in [0.717, 1.165) is 5.56 Å². The summed E-state index contributed by atoms with van der Waals surface area (Å²) in [4.78, 5) is 0. The van der Waals surface area contributed by atoms with Gasteiger partial charge in [0.25, 0.3) is 0 Å². The van der Waals surface area contributed by atoms with Gasteiger partial charge in [-0.1, -0.05) is 19.8 Å². The summed E-state index contributed by atoms with van der Waals surface area (Å²) >= 11 is 0. The zero-order valence-corrected chi connectivity index (χ0v) is 7.76. The molecule has 0 aliphatic heterocycles. The van der Waals surface area contributed by atoms with Crippen LogP contribution in [0.15, 0.2) is 24.3 Å². The Labute approximate surface area is 74.1 Å². The van der Waals surface area contributed by atoms with Crippen molar-refractivity contribution >= 4 is 0 Å². The monoisotopic (exact) mass is 162 g/mol. The van der Waals surface area contributed by atoms with Crippen molar-refractivity contribution in [3.05, 3.63) is 29.8 Å². The van der Waals surface area contributed by atoms with Crippen molar-refractivity contribution in [2.45, 2.75) is 20.8 Å². The Balaban J connectivity index is 0.000000561. The predicted molar refractivity (Wildman–Crippen MR) is 52.0 cm³/mol. The van der Waals surface area contributed by atoms with E-state index in [0.29, 0.717) is 0 Å². The lowest BCUT2D eigenvalue weighted by Gasteiger charge is -1.89. The lowest BCUT2D eigenvalue weighted by atomic mass is 10.2. The molecule has 0 heterocycles. The highest BCUT2D eigenvalue weighted by molar-refractivity contribution is 5.37. The fraction of sp³-hybridized carbons (Fsp3) is 0.273. The molecular weight excluding hydrogens is 148 g/mol. The third-order valence-electron chi connectivity index (χ3n) is 1.14. The summed E-state index contributed by atoms with van der Waals surface area (Å²) in [5.74, 6) is 5.92. The van der Waals surface area contributed by atoms with Gasteiger partial charge in [0.15, 0.2) is 0 Å². The topological polar surface area (TPSA) is 20.2 Å². The van der Waals surface area contributed by atoms with E-state index in [1.54, 1.807) is 31.2 Å². The summed E-state index contributed by atoms with van der Waals surface area (Å²) in [6, 6.07) is 6.82. The number of phenols is 1. The fourth-order valence-corrected chi connectivity index (χ4v) is 0.689. The Morgan fingerprint density at radius 2 is 1.58 bits per heavy atom. The number of hydrogen-bond donors (Lipinski definition) is 1. The van der Waals surface area contributed by atoms with Crippen molar-refractivity contribution in [1.82, 2.24) is 0 Å². The van der Waals surface area contributed by atoms with Crippen molar-refractivity contribution in [3.8, 4) is 17.6 Å². The standard InChI is InChI=1S/C9H8O.C2H6/c1-2-3-8-4-6-9(10)7-5-8;1-2/h4-7,10H,1H3;1-2H3. The second kappa shape index (κ2) is 6.30. The molecule has 1 aromatic rings. The van der Waals surface area contributed by atoms with E-state index >= 15 is 0 Å². The van der Waals surface area contributed by atoms with Crippen LogP contribution in [-0.2, 0) is 0 Å². The average molecular weight is 162 g/mol. The smallest absolute Gasteiger partial charge is 0.115 e. The van der Waals surface area contributed by atoms with E-state index in [2.05, 4.69) is 11.8 Å². The van der Waals surface area contributed by atoms with Crippen LogP contribution in [-0.4, -0.2) is 5.11 Å². The molecule has 1 rings (SSSR count). The van der Waals surface area contributed by atoms with Gasteiger partial charge in [-0.05, 0) is 31.2 Å². The zero-order chi connectivity index (χ0) is 9.40. The minimum Gasteiger partial charge on any atom is -0.508 e. The third kappa shape index (κ3) is 3.68. The molecule has 1 N–H and O–H groups in total. The summed E-state index contributed by atoms with van der Waals surface area (Å²) in [6.07, 6.45) is 0. The molecule has 0 aliphatic rings. The van der Waals surface area contributed by atoms with E-state index in [9.17, 15) is 0 Å². The molecule has 1 nitrogen and oxygen atoms in total. The van der Waals surface area contributed by atoms with Crippen LogP contribution < -0.4 is 0 Å². The van der Waals surface area contributed by atoms with Crippen LogP contribution in [0.25, 0.3) is 0 Å². The molecule has 1 heteroatoms. The van der Waals surface area contributed by atoms with Gasteiger partial charge in [0.2, 0.25) is 0 Å². The maximum Gasteiger partial charge on any atom is 0.115 e. The maximum atomic E-state index is 8.88. The first-order chi connectivity index (χ1) is 5.83. The van der Waals surface area contributed by atoms with Crippen molar-refractivity contribution in [2.24, 2.45) is 0 Å². The Morgan fingerprint density at radius 3 is 2.00 bits per heavy atom. The first kappa shape index (κ1) is 10.6. The van der Waals surface area contributed by atoms with Crippen LogP contribution in [0.1, 0.15) is 26.3 Å². The Bertz CT molecular complexity index is 261. The highest BCUT2D eigenvalue weighted by Crippen LogP contribution is 2.07. The molecule has 0 bridgehead atoms. The van der Waals surface area contributed by atoms with Crippen LogP contribution >= 0.6 is 0 Å². The molecule has 64 valence electrons. The fourth-order valence-electron chi connectivity index (χ4n) is 0.689. The Morgan fingerprint density at radius 1 is 1.08 bits per heavy atom. The van der Waals surface area contributed by atoms with Gasteiger partial charge in [-0.2, -0.15) is 0 Å². The average Bonchev–Trinajstić information content (AvgIpc) is 2.13. The molecule has 0 aromatic heterocycles. The summed E-state index contributed by atoms with van der Waals surface area (Å²) in [6.45, 7) is 5.78. The van der Waals surface area contributed by atoms with Crippen molar-refractivity contribution in [2.75, 3.05) is 0 Å². The molecule has 1 aromatic carbocycles. The van der Waals surface area contributed by atoms with Crippen LogP contribution in [0, 0.1) is 11.8 Å². The minimum absolute atomic E-state index is 0.279. The van der Waals surface area contributed by atoms with Gasteiger partial charge in [-0.15, -0.1) is 5.92 Å². The molecule has 0 spiro atoms. The third-order valence-corrected chi connectivity index (χ3v) is 1.14. The molecule has 0 amide bonds. The SMILES string of the molecule is CC.CC#Cc1ccc(O)cc1. The van der Waals surface area contributed by atoms with Crippen LogP contribution in [0.2, 0.25) is 0 Å². The van der Waals surface area contributed by atoms with Crippen molar-refractivity contribution < 1.29 is 5.11 Å². The molecule has 0 unspecified atom stereocenters. The van der Waals surface area contributed by atoms with Gasteiger partial charge >= 0.3 is 0 Å². The van der Waals surface area contributed by atoms with Gasteiger partial charge < -0.3 is 5.11 Å². The van der Waals surface area contributed by atoms with E-state index in [1.807, 2.05) is 13.8 Å². The highest BCUT2D eigenvalue weighted by Gasteiger charge is 1.85. The van der Waals surface area contributed by atoms with Crippen molar-refractivity contribution in [1.29, 1.82) is 0 Å². The second-order valence-corrected chi connectivity index (χ2v) is 1.92. The zero-order valence-electron chi connectivity index (χ0n) is 7.76. The second-order valence-electron chi connectivity index (χ2n) is 1.92. The summed E-state index contributed by atoms with van der Waals surface area (Å²) < 4.78 is 0. The van der Waals surface area contributed by atoms with Gasteiger partial charge in [0.1, 0.15) is 5.75 Å². The molecular formula is C11H14O. The minimum atomic E-state index is 0.279. The molecule has 0 fully saturated rings. The van der Waals surface area contributed by atoms with Crippen LogP contribution in [0.3, 0.4) is 0 Å². The number of aromatic hydroxyl groups is 1. The molecule has 12 heavy (non-hydrogen) atoms. The number of phenolic OH excluding ortho intramolecular Hbond substituents is 1. The van der Waals surface area contributed by atoms with E-state index < -0.39 is 0 Å². The quantitative estimate of drug-likeness (QED) is 0.581. The first-order valence-corrected chi connectivity index (χ1v) is 4.04. The molecule has 0 atom stereocenters. The molecule has 0 radical (unpaired) electrons. The summed E-state index contributed by atoms with van der Waals surface area (Å²) in [7, 11) is 0. The van der Waals surface area contributed by atoms with E-state index in [-0.39, 0.29) is 5.75 Å². The number of benzene rings is 1. The molecule has 0 aliphatic carbocycles.